The van der Waals surface area contributed by atoms with Crippen molar-refractivity contribution in [2.24, 2.45) is 4.99 Å². The van der Waals surface area contributed by atoms with Crippen molar-refractivity contribution in [3.63, 3.8) is 0 Å². The van der Waals surface area contributed by atoms with Crippen LogP contribution in [0.25, 0.3) is 0 Å². The van der Waals surface area contributed by atoms with Crippen molar-refractivity contribution in [1.29, 1.82) is 0 Å². The summed E-state index contributed by atoms with van der Waals surface area (Å²) in [5.41, 5.74) is 1.32. The Bertz CT molecular complexity index is 769. The van der Waals surface area contributed by atoms with E-state index in [4.69, 9.17) is 4.74 Å². The summed E-state index contributed by atoms with van der Waals surface area (Å²) in [5.74, 6) is 0.943. The molecule has 0 radical (unpaired) electrons. The smallest absolute Gasteiger partial charge is 0.193 e. The third-order valence-electron chi connectivity index (χ3n) is 5.98. The number of rotatable bonds is 3. The summed E-state index contributed by atoms with van der Waals surface area (Å²) < 4.78 is 29.4. The minimum Gasteiger partial charge on any atom is -0.381 e. The first-order valence-corrected chi connectivity index (χ1v) is 11.3. The van der Waals surface area contributed by atoms with Crippen LogP contribution >= 0.6 is 0 Å². The van der Waals surface area contributed by atoms with Gasteiger partial charge in [0.25, 0.3) is 0 Å². The first-order valence-electron chi connectivity index (χ1n) is 9.61. The fourth-order valence-electron chi connectivity index (χ4n) is 4.03. The predicted octanol–water partition coefficient (Wildman–Crippen LogP) is 1.82. The van der Waals surface area contributed by atoms with Crippen LogP contribution in [0.2, 0.25) is 0 Å². The second kappa shape index (κ2) is 7.80. The van der Waals surface area contributed by atoms with Gasteiger partial charge in [0.05, 0.1) is 10.5 Å². The monoisotopic (exact) mass is 393 g/mol. The Balaban J connectivity index is 1.75. The zero-order chi connectivity index (χ0) is 19.5. The molecule has 0 saturated carbocycles. The molecule has 27 heavy (non-hydrogen) atoms. The average Bonchev–Trinajstić information content (AvgIpc) is 2.66. The second-order valence-electron chi connectivity index (χ2n) is 8.16. The van der Waals surface area contributed by atoms with Crippen molar-refractivity contribution < 1.29 is 13.2 Å². The van der Waals surface area contributed by atoms with Gasteiger partial charge < -0.3 is 15.0 Å². The lowest BCUT2D eigenvalue weighted by molar-refractivity contribution is 0.0511. The van der Waals surface area contributed by atoms with Gasteiger partial charge in [-0.15, -0.1) is 0 Å². The van der Waals surface area contributed by atoms with Gasteiger partial charge in [-0.3, -0.25) is 4.99 Å². The fourth-order valence-corrected chi connectivity index (χ4v) is 5.39. The van der Waals surface area contributed by atoms with Crippen LogP contribution in [0.15, 0.2) is 35.3 Å². The van der Waals surface area contributed by atoms with Crippen molar-refractivity contribution in [2.45, 2.75) is 36.9 Å². The summed E-state index contributed by atoms with van der Waals surface area (Å²) >= 11 is 0. The molecule has 1 aromatic carbocycles. The molecule has 2 heterocycles. The number of nitrogens with one attached hydrogen (secondary N) is 1. The van der Waals surface area contributed by atoms with Gasteiger partial charge in [0, 0.05) is 45.3 Å². The molecule has 7 heteroatoms. The lowest BCUT2D eigenvalue weighted by Crippen LogP contribution is -2.58. The van der Waals surface area contributed by atoms with E-state index in [1.807, 2.05) is 6.07 Å². The number of ether oxygens (including phenoxy) is 1. The van der Waals surface area contributed by atoms with Gasteiger partial charge in [0.15, 0.2) is 15.8 Å². The topological polar surface area (TPSA) is 71.0 Å². The summed E-state index contributed by atoms with van der Waals surface area (Å²) in [6.45, 7) is 6.80. The molecule has 0 aromatic heterocycles. The highest BCUT2D eigenvalue weighted by molar-refractivity contribution is 7.92. The molecule has 0 aliphatic carbocycles. The Morgan fingerprint density at radius 1 is 1.22 bits per heavy atom. The Labute approximate surface area is 162 Å². The van der Waals surface area contributed by atoms with Gasteiger partial charge >= 0.3 is 0 Å². The lowest BCUT2D eigenvalue weighted by atomic mass is 9.74. The summed E-state index contributed by atoms with van der Waals surface area (Å²) in [7, 11) is -1.31. The fraction of sp³-hybridized carbons (Fsp3) is 0.650. The number of aliphatic imine (C=N–C) groups is 1. The first kappa shape index (κ1) is 20.1. The zero-order valence-electron chi connectivity index (χ0n) is 16.6. The Hall–Kier alpha value is -1.60. The molecule has 0 atom stereocenters. The Morgan fingerprint density at radius 3 is 2.48 bits per heavy atom. The molecule has 0 spiro atoms. The standard InChI is InChI=1S/C20H31N3O3S/c1-19(2)16-23(11-14-27(19,24)25)18(21-3)22-15-20(9-12-26-13-10-20)17-7-5-4-6-8-17/h4-8H,9-16H2,1-3H3,(H,21,22). The molecule has 2 aliphatic heterocycles. The minimum atomic E-state index is -3.07. The molecule has 3 rings (SSSR count). The average molecular weight is 394 g/mol. The molecule has 2 saturated heterocycles. The molecule has 2 fully saturated rings. The van der Waals surface area contributed by atoms with E-state index in [2.05, 4.69) is 39.5 Å². The van der Waals surface area contributed by atoms with Crippen LogP contribution in [0.1, 0.15) is 32.3 Å². The summed E-state index contributed by atoms with van der Waals surface area (Å²) in [4.78, 5) is 6.51. The zero-order valence-corrected chi connectivity index (χ0v) is 17.4. The summed E-state index contributed by atoms with van der Waals surface area (Å²) in [5, 5.41) is 3.54. The third-order valence-corrected chi connectivity index (χ3v) is 8.51. The third kappa shape index (κ3) is 4.14. The summed E-state index contributed by atoms with van der Waals surface area (Å²) in [6, 6.07) is 10.6. The molecule has 150 valence electrons. The first-order chi connectivity index (χ1) is 12.8. The largest absolute Gasteiger partial charge is 0.381 e. The van der Waals surface area contributed by atoms with Gasteiger partial charge in [-0.05, 0) is 32.3 Å². The molecule has 0 unspecified atom stereocenters. The number of benzene rings is 1. The highest BCUT2D eigenvalue weighted by Gasteiger charge is 2.41. The molecule has 2 aliphatic rings. The maximum atomic E-state index is 12.3. The number of nitrogens with zero attached hydrogens (tertiary/aromatic N) is 2. The highest BCUT2D eigenvalue weighted by Crippen LogP contribution is 2.34. The van der Waals surface area contributed by atoms with E-state index in [1.54, 1.807) is 20.9 Å². The molecule has 1 N–H and O–H groups in total. The van der Waals surface area contributed by atoms with E-state index in [-0.39, 0.29) is 11.2 Å². The van der Waals surface area contributed by atoms with Gasteiger partial charge in [-0.25, -0.2) is 8.42 Å². The quantitative estimate of drug-likeness (QED) is 0.627. The van der Waals surface area contributed by atoms with E-state index >= 15 is 0 Å². The molecule has 6 nitrogen and oxygen atoms in total. The number of hydrogen-bond donors (Lipinski definition) is 1. The number of sulfone groups is 1. The SMILES string of the molecule is CN=C(NCC1(c2ccccc2)CCOCC1)N1CCS(=O)(=O)C(C)(C)C1. The van der Waals surface area contributed by atoms with E-state index in [0.717, 1.165) is 38.6 Å². The van der Waals surface area contributed by atoms with Crippen LogP contribution in [0.5, 0.6) is 0 Å². The van der Waals surface area contributed by atoms with Crippen molar-refractivity contribution in [2.75, 3.05) is 45.6 Å². The predicted molar refractivity (Wildman–Crippen MR) is 109 cm³/mol. The van der Waals surface area contributed by atoms with Crippen LogP contribution < -0.4 is 5.32 Å². The van der Waals surface area contributed by atoms with E-state index in [1.165, 1.54) is 5.56 Å². The molecular formula is C20H31N3O3S. The molecule has 0 amide bonds. The van der Waals surface area contributed by atoms with Crippen molar-refractivity contribution in [1.82, 2.24) is 10.2 Å². The normalized spacial score (nSPS) is 24.4. The van der Waals surface area contributed by atoms with Crippen LogP contribution in [0.3, 0.4) is 0 Å². The van der Waals surface area contributed by atoms with Crippen LogP contribution in [0, 0.1) is 0 Å². The van der Waals surface area contributed by atoms with E-state index in [9.17, 15) is 8.42 Å². The van der Waals surface area contributed by atoms with Crippen molar-refractivity contribution >= 4 is 15.8 Å². The Morgan fingerprint density at radius 2 is 1.89 bits per heavy atom. The Kier molecular flexibility index (Phi) is 5.82. The van der Waals surface area contributed by atoms with Crippen molar-refractivity contribution in [3.8, 4) is 0 Å². The van der Waals surface area contributed by atoms with Crippen LogP contribution in [-0.2, 0) is 20.0 Å². The van der Waals surface area contributed by atoms with Gasteiger partial charge in [-0.2, -0.15) is 0 Å². The summed E-state index contributed by atoms with van der Waals surface area (Å²) in [6.07, 6.45) is 1.92. The maximum absolute atomic E-state index is 12.3. The highest BCUT2D eigenvalue weighted by atomic mass is 32.2. The van der Waals surface area contributed by atoms with Gasteiger partial charge in [-0.1, -0.05) is 30.3 Å². The van der Waals surface area contributed by atoms with E-state index in [0.29, 0.717) is 13.1 Å². The minimum absolute atomic E-state index is 0.00678. The molecular weight excluding hydrogens is 362 g/mol. The second-order valence-corrected chi connectivity index (χ2v) is 10.9. The lowest BCUT2D eigenvalue weighted by Gasteiger charge is -2.42. The van der Waals surface area contributed by atoms with Gasteiger partial charge in [0.1, 0.15) is 0 Å². The number of hydrogen-bond acceptors (Lipinski definition) is 4. The number of guanidine groups is 1. The molecule has 1 aromatic rings. The van der Waals surface area contributed by atoms with E-state index < -0.39 is 14.6 Å². The molecule has 0 bridgehead atoms. The maximum Gasteiger partial charge on any atom is 0.193 e. The van der Waals surface area contributed by atoms with Crippen LogP contribution in [0.4, 0.5) is 0 Å². The van der Waals surface area contributed by atoms with Gasteiger partial charge in [0.2, 0.25) is 0 Å². The van der Waals surface area contributed by atoms with Crippen molar-refractivity contribution in [3.05, 3.63) is 35.9 Å². The van der Waals surface area contributed by atoms with Crippen LogP contribution in [-0.4, -0.2) is 69.7 Å².